The van der Waals surface area contributed by atoms with Crippen LogP contribution in [0.25, 0.3) is 10.2 Å². The molecule has 0 aliphatic carbocycles. The van der Waals surface area contributed by atoms with E-state index in [1.54, 1.807) is 23.6 Å². The fourth-order valence-electron chi connectivity index (χ4n) is 4.01. The summed E-state index contributed by atoms with van der Waals surface area (Å²) in [6.45, 7) is 1.21. The molecule has 35 heavy (non-hydrogen) atoms. The van der Waals surface area contributed by atoms with Crippen LogP contribution >= 0.6 is 22.9 Å². The number of nitrogens with zero attached hydrogens (tertiary/aromatic N) is 2. The molecule has 0 radical (unpaired) electrons. The van der Waals surface area contributed by atoms with Gasteiger partial charge in [-0.25, -0.2) is 4.79 Å². The summed E-state index contributed by atoms with van der Waals surface area (Å²) in [7, 11) is 0. The second-order valence-electron chi connectivity index (χ2n) is 8.38. The maximum absolute atomic E-state index is 13.1. The molecule has 11 heteroatoms. The van der Waals surface area contributed by atoms with Crippen LogP contribution in [0.15, 0.2) is 45.3 Å². The van der Waals surface area contributed by atoms with Gasteiger partial charge in [-0.15, -0.1) is 11.3 Å². The Labute approximate surface area is 210 Å². The predicted octanol–water partition coefficient (Wildman–Crippen LogP) is 1.92. The largest absolute Gasteiger partial charge is 0.376 e. The van der Waals surface area contributed by atoms with Crippen LogP contribution in [0.4, 0.5) is 0 Å². The average molecular weight is 519 g/mol. The van der Waals surface area contributed by atoms with Crippen LogP contribution < -0.4 is 21.9 Å². The third-order valence-corrected chi connectivity index (χ3v) is 7.04. The third kappa shape index (κ3) is 6.39. The van der Waals surface area contributed by atoms with E-state index in [1.807, 2.05) is 12.1 Å². The van der Waals surface area contributed by atoms with Crippen molar-refractivity contribution in [1.29, 1.82) is 0 Å². The Balaban J connectivity index is 1.39. The van der Waals surface area contributed by atoms with Gasteiger partial charge in [0, 0.05) is 37.7 Å². The first-order valence-corrected chi connectivity index (χ1v) is 12.8. The van der Waals surface area contributed by atoms with E-state index in [4.69, 9.17) is 16.3 Å². The highest BCUT2D eigenvalue weighted by atomic mass is 35.5. The molecule has 1 atom stereocenters. The Morgan fingerprint density at radius 2 is 1.89 bits per heavy atom. The number of amides is 2. The quantitative estimate of drug-likeness (QED) is 0.426. The molecule has 2 amide bonds. The Kier molecular flexibility index (Phi) is 8.37. The summed E-state index contributed by atoms with van der Waals surface area (Å²) in [6.07, 6.45) is 2.45. The second-order valence-corrected chi connectivity index (χ2v) is 9.73. The first kappa shape index (κ1) is 25.2. The molecule has 1 aromatic carbocycles. The zero-order valence-corrected chi connectivity index (χ0v) is 20.7. The monoisotopic (exact) mass is 518 g/mol. The lowest BCUT2D eigenvalue weighted by Gasteiger charge is -2.14. The van der Waals surface area contributed by atoms with Crippen LogP contribution in [0.3, 0.4) is 0 Å². The lowest BCUT2D eigenvalue weighted by Crippen LogP contribution is -2.43. The van der Waals surface area contributed by atoms with Crippen LogP contribution in [0, 0.1) is 0 Å². The van der Waals surface area contributed by atoms with Crippen molar-refractivity contribution in [2.75, 3.05) is 19.7 Å². The fraction of sp³-hybridized carbons (Fsp3) is 0.417. The SMILES string of the molecule is O=C(CCn1c(=O)c2sccc2n(CC(=O)NC[C@@H]2CCCO2)c1=O)NCCc1ccc(Cl)cc1. The molecule has 1 fully saturated rings. The maximum atomic E-state index is 13.1. The Bertz CT molecular complexity index is 1310. The van der Waals surface area contributed by atoms with Crippen molar-refractivity contribution in [2.24, 2.45) is 0 Å². The summed E-state index contributed by atoms with van der Waals surface area (Å²) in [4.78, 5) is 50.9. The molecule has 0 unspecified atom stereocenters. The number of hydrogen-bond acceptors (Lipinski definition) is 6. The number of halogens is 1. The van der Waals surface area contributed by atoms with Gasteiger partial charge in [0.2, 0.25) is 11.8 Å². The molecule has 1 aliphatic heterocycles. The van der Waals surface area contributed by atoms with Gasteiger partial charge in [-0.3, -0.25) is 23.5 Å². The van der Waals surface area contributed by atoms with E-state index in [0.717, 1.165) is 23.0 Å². The number of carbonyl (C=O) groups excluding carboxylic acids is 2. The maximum Gasteiger partial charge on any atom is 0.332 e. The summed E-state index contributed by atoms with van der Waals surface area (Å²) in [5.41, 5.74) is 0.391. The summed E-state index contributed by atoms with van der Waals surface area (Å²) in [5.74, 6) is -0.599. The van der Waals surface area contributed by atoms with Gasteiger partial charge in [0.15, 0.2) is 0 Å². The number of nitrogens with one attached hydrogen (secondary N) is 2. The molecular formula is C24H27ClN4O5S. The molecule has 3 heterocycles. The van der Waals surface area contributed by atoms with Crippen LogP contribution in [0.1, 0.15) is 24.8 Å². The molecule has 9 nitrogen and oxygen atoms in total. The van der Waals surface area contributed by atoms with Crippen molar-refractivity contribution < 1.29 is 14.3 Å². The second kappa shape index (κ2) is 11.7. The van der Waals surface area contributed by atoms with Gasteiger partial charge in [0.25, 0.3) is 5.56 Å². The topological polar surface area (TPSA) is 111 Å². The average Bonchev–Trinajstić information content (AvgIpc) is 3.54. The number of aromatic nitrogens is 2. The Hall–Kier alpha value is -2.95. The van der Waals surface area contributed by atoms with Gasteiger partial charge in [0.05, 0.1) is 11.6 Å². The minimum absolute atomic E-state index is 0.0102. The van der Waals surface area contributed by atoms with Crippen molar-refractivity contribution >= 4 is 45.0 Å². The number of hydrogen-bond donors (Lipinski definition) is 2. The van der Waals surface area contributed by atoms with Crippen molar-refractivity contribution in [1.82, 2.24) is 19.8 Å². The number of thiophene rings is 1. The highest BCUT2D eigenvalue weighted by Crippen LogP contribution is 2.15. The lowest BCUT2D eigenvalue weighted by molar-refractivity contribution is -0.122. The van der Waals surface area contributed by atoms with Crippen LogP contribution in [0.2, 0.25) is 5.02 Å². The summed E-state index contributed by atoms with van der Waals surface area (Å²) < 4.78 is 8.21. The van der Waals surface area contributed by atoms with E-state index >= 15 is 0 Å². The number of carbonyl (C=O) groups is 2. The minimum Gasteiger partial charge on any atom is -0.376 e. The van der Waals surface area contributed by atoms with Crippen molar-refractivity contribution in [3.05, 3.63) is 67.1 Å². The van der Waals surface area contributed by atoms with Gasteiger partial charge in [-0.05, 0) is 48.4 Å². The van der Waals surface area contributed by atoms with E-state index in [2.05, 4.69) is 10.6 Å². The summed E-state index contributed by atoms with van der Waals surface area (Å²) in [5, 5.41) is 7.97. The van der Waals surface area contributed by atoms with Crippen molar-refractivity contribution in [2.45, 2.75) is 44.9 Å². The molecule has 0 saturated carbocycles. The van der Waals surface area contributed by atoms with Gasteiger partial charge in [-0.2, -0.15) is 0 Å². The number of fused-ring (bicyclic) bond motifs is 1. The summed E-state index contributed by atoms with van der Waals surface area (Å²) >= 11 is 7.08. The molecule has 2 N–H and O–H groups in total. The minimum atomic E-state index is -0.609. The Morgan fingerprint density at radius 3 is 2.63 bits per heavy atom. The molecule has 1 saturated heterocycles. The molecule has 4 rings (SSSR count). The zero-order valence-electron chi connectivity index (χ0n) is 19.1. The zero-order chi connectivity index (χ0) is 24.8. The van der Waals surface area contributed by atoms with Gasteiger partial charge in [0.1, 0.15) is 11.2 Å². The fourth-order valence-corrected chi connectivity index (χ4v) is 4.98. The first-order valence-electron chi connectivity index (χ1n) is 11.5. The van der Waals surface area contributed by atoms with E-state index in [9.17, 15) is 19.2 Å². The van der Waals surface area contributed by atoms with Crippen LogP contribution in [0.5, 0.6) is 0 Å². The molecule has 186 valence electrons. The first-order chi connectivity index (χ1) is 16.9. The van der Waals surface area contributed by atoms with Gasteiger partial charge < -0.3 is 15.4 Å². The summed E-state index contributed by atoms with van der Waals surface area (Å²) in [6, 6.07) is 9.02. The van der Waals surface area contributed by atoms with Gasteiger partial charge in [-0.1, -0.05) is 23.7 Å². The molecule has 3 aromatic rings. The molecule has 1 aliphatic rings. The molecule has 0 bridgehead atoms. The van der Waals surface area contributed by atoms with E-state index in [0.29, 0.717) is 41.4 Å². The third-order valence-electron chi connectivity index (χ3n) is 5.90. The highest BCUT2D eigenvalue weighted by Gasteiger charge is 2.19. The van der Waals surface area contributed by atoms with E-state index in [-0.39, 0.29) is 37.4 Å². The van der Waals surface area contributed by atoms with Crippen molar-refractivity contribution in [3.63, 3.8) is 0 Å². The Morgan fingerprint density at radius 1 is 1.09 bits per heavy atom. The number of rotatable bonds is 10. The van der Waals surface area contributed by atoms with Crippen LogP contribution in [-0.2, 0) is 33.8 Å². The van der Waals surface area contributed by atoms with Crippen molar-refractivity contribution in [3.8, 4) is 0 Å². The number of ether oxygens (including phenoxy) is 1. The predicted molar refractivity (Wildman–Crippen MR) is 135 cm³/mol. The smallest absolute Gasteiger partial charge is 0.332 e. The lowest BCUT2D eigenvalue weighted by atomic mass is 10.1. The highest BCUT2D eigenvalue weighted by molar-refractivity contribution is 7.17. The normalized spacial score (nSPS) is 15.4. The standard InChI is InChI=1S/C24H27ClN4O5S/c25-17-5-3-16(4-6-17)7-10-26-20(30)8-11-28-23(32)22-19(9-13-35-22)29(24(28)33)15-21(31)27-14-18-2-1-12-34-18/h3-6,9,13,18H,1-2,7-8,10-12,14-15H2,(H,26,30)(H,27,31)/t18-/m0/s1. The number of benzene rings is 1. The molecule has 2 aromatic heterocycles. The van der Waals surface area contributed by atoms with E-state index < -0.39 is 11.2 Å². The molecule has 0 spiro atoms. The van der Waals surface area contributed by atoms with Crippen LogP contribution in [-0.4, -0.2) is 46.7 Å². The van der Waals surface area contributed by atoms with Gasteiger partial charge >= 0.3 is 5.69 Å². The van der Waals surface area contributed by atoms with E-state index in [1.165, 1.54) is 15.9 Å². The molecular weight excluding hydrogens is 492 g/mol.